The smallest absolute Gasteiger partial charge is 0.265 e. The van der Waals surface area contributed by atoms with Crippen molar-refractivity contribution < 1.29 is 12.8 Å². The number of nitrogens with one attached hydrogen (secondary N) is 1. The van der Waals surface area contributed by atoms with Gasteiger partial charge in [-0.1, -0.05) is 0 Å². The summed E-state index contributed by atoms with van der Waals surface area (Å²) < 4.78 is 39.6. The summed E-state index contributed by atoms with van der Waals surface area (Å²) in [6.45, 7) is 0. The molecular formula is C10H8BrFN4O2S. The van der Waals surface area contributed by atoms with Gasteiger partial charge < -0.3 is 5.73 Å². The maximum Gasteiger partial charge on any atom is 0.265 e. The first-order valence-corrected chi connectivity index (χ1v) is 7.23. The highest BCUT2D eigenvalue weighted by molar-refractivity contribution is 9.10. The fraction of sp³-hybridized carbons (Fsp3) is 0. The van der Waals surface area contributed by atoms with E-state index in [1.165, 1.54) is 18.3 Å². The Morgan fingerprint density at radius 3 is 2.74 bits per heavy atom. The van der Waals surface area contributed by atoms with Crippen LogP contribution in [0.1, 0.15) is 0 Å². The number of halogens is 2. The van der Waals surface area contributed by atoms with Crippen LogP contribution in [-0.2, 0) is 10.0 Å². The highest BCUT2D eigenvalue weighted by Crippen LogP contribution is 2.27. The van der Waals surface area contributed by atoms with Gasteiger partial charge in [-0.2, -0.15) is 5.10 Å². The Bertz CT molecular complexity index is 709. The van der Waals surface area contributed by atoms with Gasteiger partial charge in [0, 0.05) is 6.20 Å². The van der Waals surface area contributed by atoms with E-state index in [9.17, 15) is 12.8 Å². The van der Waals surface area contributed by atoms with Crippen LogP contribution in [0.25, 0.3) is 0 Å². The Hall–Kier alpha value is -1.74. The number of anilines is 2. The molecule has 1 aromatic heterocycles. The van der Waals surface area contributed by atoms with Crippen molar-refractivity contribution in [2.45, 2.75) is 4.90 Å². The molecule has 0 saturated heterocycles. The molecule has 0 saturated carbocycles. The predicted octanol–water partition coefficient (Wildman–Crippen LogP) is 1.76. The van der Waals surface area contributed by atoms with Gasteiger partial charge in [-0.15, -0.1) is 5.10 Å². The average Bonchev–Trinajstić information content (AvgIpc) is 2.34. The van der Waals surface area contributed by atoms with Crippen molar-refractivity contribution in [2.24, 2.45) is 0 Å². The minimum absolute atomic E-state index is 0.00113. The van der Waals surface area contributed by atoms with Crippen LogP contribution in [0.5, 0.6) is 0 Å². The number of hydrogen-bond acceptors (Lipinski definition) is 5. The summed E-state index contributed by atoms with van der Waals surface area (Å²) in [6, 6.07) is 4.97. The predicted molar refractivity (Wildman–Crippen MR) is 71.4 cm³/mol. The van der Waals surface area contributed by atoms with E-state index in [1.54, 1.807) is 0 Å². The number of benzene rings is 1. The highest BCUT2D eigenvalue weighted by atomic mass is 79.9. The van der Waals surface area contributed by atoms with Gasteiger partial charge in [0.25, 0.3) is 10.0 Å². The largest absolute Gasteiger partial charge is 0.398 e. The molecule has 6 nitrogen and oxygen atoms in total. The molecule has 0 aliphatic heterocycles. The molecule has 1 heterocycles. The molecule has 0 aliphatic carbocycles. The minimum Gasteiger partial charge on any atom is -0.398 e. The number of hydrogen-bond donors (Lipinski definition) is 2. The Labute approximate surface area is 117 Å². The Kier molecular flexibility index (Phi) is 3.67. The van der Waals surface area contributed by atoms with Crippen molar-refractivity contribution >= 4 is 37.5 Å². The van der Waals surface area contributed by atoms with Crippen LogP contribution in [0.3, 0.4) is 0 Å². The molecule has 0 spiro atoms. The fourth-order valence-electron chi connectivity index (χ4n) is 1.33. The first-order chi connectivity index (χ1) is 8.90. The molecule has 100 valence electrons. The summed E-state index contributed by atoms with van der Waals surface area (Å²) in [6.07, 6.45) is 1.40. The first-order valence-electron chi connectivity index (χ1n) is 4.95. The summed E-state index contributed by atoms with van der Waals surface area (Å²) in [7, 11) is -3.96. The molecule has 0 bridgehead atoms. The molecule has 1 aromatic carbocycles. The number of aromatic nitrogens is 2. The molecular weight excluding hydrogens is 339 g/mol. The molecule has 3 N–H and O–H groups in total. The summed E-state index contributed by atoms with van der Waals surface area (Å²) >= 11 is 2.91. The van der Waals surface area contributed by atoms with Crippen molar-refractivity contribution in [2.75, 3.05) is 10.5 Å². The van der Waals surface area contributed by atoms with Gasteiger partial charge in [0.1, 0.15) is 10.7 Å². The third-order valence-electron chi connectivity index (χ3n) is 2.15. The van der Waals surface area contributed by atoms with Crippen molar-refractivity contribution in [1.29, 1.82) is 0 Å². The second-order valence-electron chi connectivity index (χ2n) is 3.52. The van der Waals surface area contributed by atoms with E-state index in [-0.39, 0.29) is 20.9 Å². The van der Waals surface area contributed by atoms with E-state index in [0.29, 0.717) is 0 Å². The number of nitrogens with zero attached hydrogens (tertiary/aromatic N) is 2. The molecule has 2 aromatic rings. The Morgan fingerprint density at radius 1 is 1.37 bits per heavy atom. The van der Waals surface area contributed by atoms with E-state index in [1.807, 2.05) is 0 Å². The van der Waals surface area contributed by atoms with E-state index in [2.05, 4.69) is 30.8 Å². The summed E-state index contributed by atoms with van der Waals surface area (Å²) in [4.78, 5) is -0.244. The zero-order valence-corrected chi connectivity index (χ0v) is 11.7. The number of rotatable bonds is 3. The van der Waals surface area contributed by atoms with Crippen LogP contribution >= 0.6 is 15.9 Å². The zero-order chi connectivity index (χ0) is 14.0. The van der Waals surface area contributed by atoms with Crippen LogP contribution in [0.2, 0.25) is 0 Å². The first kappa shape index (κ1) is 13.7. The van der Waals surface area contributed by atoms with Gasteiger partial charge in [0.2, 0.25) is 0 Å². The van der Waals surface area contributed by atoms with Crippen LogP contribution in [0, 0.1) is 5.82 Å². The lowest BCUT2D eigenvalue weighted by Crippen LogP contribution is -2.16. The van der Waals surface area contributed by atoms with Gasteiger partial charge in [-0.3, -0.25) is 4.72 Å². The average molecular weight is 347 g/mol. The van der Waals surface area contributed by atoms with Gasteiger partial charge in [0.15, 0.2) is 5.82 Å². The maximum atomic E-state index is 13.2. The Morgan fingerprint density at radius 2 is 2.11 bits per heavy atom. The van der Waals surface area contributed by atoms with Crippen LogP contribution in [-0.4, -0.2) is 18.6 Å². The standard InChI is InChI=1S/C10H8BrFN4O2S/c11-6-4-9(8(13)5-7(6)12)19(17,18)16-10-2-1-3-14-15-10/h1-5H,13H2,(H,15,16). The van der Waals surface area contributed by atoms with Crippen molar-refractivity contribution in [1.82, 2.24) is 10.2 Å². The van der Waals surface area contributed by atoms with Crippen molar-refractivity contribution in [3.63, 3.8) is 0 Å². The van der Waals surface area contributed by atoms with Crippen LogP contribution in [0.4, 0.5) is 15.9 Å². The second kappa shape index (κ2) is 5.10. The minimum atomic E-state index is -3.96. The molecule has 0 fully saturated rings. The molecule has 19 heavy (non-hydrogen) atoms. The second-order valence-corrected chi connectivity index (χ2v) is 6.02. The third kappa shape index (κ3) is 2.99. The van der Waals surface area contributed by atoms with Gasteiger partial charge in [-0.05, 0) is 40.2 Å². The van der Waals surface area contributed by atoms with Gasteiger partial charge >= 0.3 is 0 Å². The van der Waals surface area contributed by atoms with E-state index >= 15 is 0 Å². The van der Waals surface area contributed by atoms with Crippen molar-refractivity contribution in [3.05, 3.63) is 40.8 Å². The van der Waals surface area contributed by atoms with Crippen LogP contribution in [0.15, 0.2) is 39.8 Å². The molecule has 9 heteroatoms. The topological polar surface area (TPSA) is 98.0 Å². The number of sulfonamides is 1. The summed E-state index contributed by atoms with van der Waals surface area (Å²) in [5, 5.41) is 7.13. The van der Waals surface area contributed by atoms with Crippen molar-refractivity contribution in [3.8, 4) is 0 Å². The van der Waals surface area contributed by atoms with E-state index < -0.39 is 15.8 Å². The molecule has 0 amide bonds. The monoisotopic (exact) mass is 346 g/mol. The lowest BCUT2D eigenvalue weighted by Gasteiger charge is -2.09. The molecule has 2 rings (SSSR count). The lowest BCUT2D eigenvalue weighted by atomic mass is 10.3. The zero-order valence-electron chi connectivity index (χ0n) is 9.34. The summed E-state index contributed by atoms with van der Waals surface area (Å²) in [5.74, 6) is -0.599. The lowest BCUT2D eigenvalue weighted by molar-refractivity contribution is 0.599. The van der Waals surface area contributed by atoms with E-state index in [4.69, 9.17) is 5.73 Å². The molecule has 0 unspecified atom stereocenters. The normalized spacial score (nSPS) is 11.3. The molecule has 0 aliphatic rings. The SMILES string of the molecule is Nc1cc(F)c(Br)cc1S(=O)(=O)Nc1cccnn1. The quantitative estimate of drug-likeness (QED) is 0.825. The number of nitrogen functional groups attached to an aromatic ring is 1. The van der Waals surface area contributed by atoms with E-state index in [0.717, 1.165) is 12.1 Å². The summed E-state index contributed by atoms with van der Waals surface area (Å²) in [5.41, 5.74) is 5.32. The molecule has 0 atom stereocenters. The third-order valence-corrected chi connectivity index (χ3v) is 4.17. The van der Waals surface area contributed by atoms with Gasteiger partial charge in [-0.25, -0.2) is 12.8 Å². The van der Waals surface area contributed by atoms with Crippen LogP contribution < -0.4 is 10.5 Å². The van der Waals surface area contributed by atoms with Gasteiger partial charge in [0.05, 0.1) is 10.2 Å². The molecule has 0 radical (unpaired) electrons. The fourth-order valence-corrected chi connectivity index (χ4v) is 2.96. The highest BCUT2D eigenvalue weighted by Gasteiger charge is 2.20. The maximum absolute atomic E-state index is 13.2. The number of nitrogens with two attached hydrogens (primary N) is 1. The Balaban J connectivity index is 2.43.